The molecule has 0 atom stereocenters. The van der Waals surface area contributed by atoms with E-state index in [2.05, 4.69) is 205 Å². The van der Waals surface area contributed by atoms with Gasteiger partial charge in [-0.25, -0.2) is 0 Å². The molecule has 0 amide bonds. The highest BCUT2D eigenvalue weighted by atomic mass is 16.3. The maximum absolute atomic E-state index is 6.74. The maximum atomic E-state index is 6.74. The first kappa shape index (κ1) is 30.5. The van der Waals surface area contributed by atoms with Gasteiger partial charge in [0.2, 0.25) is 0 Å². The van der Waals surface area contributed by atoms with Crippen molar-refractivity contribution in [3.05, 3.63) is 200 Å². The van der Waals surface area contributed by atoms with E-state index in [4.69, 9.17) is 4.42 Å². The van der Waals surface area contributed by atoms with Gasteiger partial charge in [0, 0.05) is 22.0 Å². The molecule has 0 aliphatic carbocycles. The molecule has 11 aromatic rings. The minimum Gasteiger partial charge on any atom is -0.455 e. The Morgan fingerprint density at radius 1 is 0.315 bits per heavy atom. The molecule has 2 nitrogen and oxygen atoms in total. The van der Waals surface area contributed by atoms with Gasteiger partial charge in [-0.3, -0.25) is 0 Å². The van der Waals surface area contributed by atoms with Crippen molar-refractivity contribution in [1.29, 1.82) is 0 Å². The van der Waals surface area contributed by atoms with Crippen LogP contribution < -0.4 is 4.90 Å². The van der Waals surface area contributed by atoms with Crippen molar-refractivity contribution in [2.75, 3.05) is 4.90 Å². The summed E-state index contributed by atoms with van der Waals surface area (Å²) in [6.45, 7) is 0. The molecule has 0 unspecified atom stereocenters. The normalized spacial score (nSPS) is 11.7. The van der Waals surface area contributed by atoms with Gasteiger partial charge in [0.1, 0.15) is 11.2 Å². The van der Waals surface area contributed by atoms with Crippen LogP contribution in [0.15, 0.2) is 205 Å². The molecule has 11 rings (SSSR count). The molecule has 0 aliphatic heterocycles. The molecule has 10 aromatic carbocycles. The van der Waals surface area contributed by atoms with Crippen LogP contribution in [-0.2, 0) is 0 Å². The molecular formula is C52H33NO. The van der Waals surface area contributed by atoms with Crippen LogP contribution in [0.4, 0.5) is 17.1 Å². The average molecular weight is 688 g/mol. The van der Waals surface area contributed by atoms with Crippen LogP contribution >= 0.6 is 0 Å². The van der Waals surface area contributed by atoms with Crippen LogP contribution in [0, 0.1) is 0 Å². The summed E-state index contributed by atoms with van der Waals surface area (Å²) >= 11 is 0. The average Bonchev–Trinajstić information content (AvgIpc) is 3.64. The van der Waals surface area contributed by atoms with Crippen molar-refractivity contribution >= 4 is 82.1 Å². The van der Waals surface area contributed by atoms with Crippen molar-refractivity contribution < 1.29 is 4.42 Å². The smallest absolute Gasteiger partial charge is 0.145 e. The number of fused-ring (bicyclic) bond motifs is 9. The summed E-state index contributed by atoms with van der Waals surface area (Å²) in [6.07, 6.45) is 0. The first-order valence-corrected chi connectivity index (χ1v) is 18.5. The number of rotatable bonds is 5. The molecule has 0 N–H and O–H groups in total. The largest absolute Gasteiger partial charge is 0.455 e. The highest BCUT2D eigenvalue weighted by molar-refractivity contribution is 6.22. The van der Waals surface area contributed by atoms with Gasteiger partial charge in [-0.15, -0.1) is 0 Å². The van der Waals surface area contributed by atoms with E-state index in [0.717, 1.165) is 55.3 Å². The Labute approximate surface area is 312 Å². The van der Waals surface area contributed by atoms with Crippen molar-refractivity contribution in [2.45, 2.75) is 0 Å². The van der Waals surface area contributed by atoms with Gasteiger partial charge < -0.3 is 9.32 Å². The summed E-state index contributed by atoms with van der Waals surface area (Å²) in [4.78, 5) is 2.45. The predicted molar refractivity (Wildman–Crippen MR) is 229 cm³/mol. The minimum atomic E-state index is 0.880. The fraction of sp³-hybridized carbons (Fsp3) is 0. The third-order valence-corrected chi connectivity index (χ3v) is 11.0. The molecule has 54 heavy (non-hydrogen) atoms. The summed E-state index contributed by atoms with van der Waals surface area (Å²) in [5, 5.41) is 11.8. The van der Waals surface area contributed by atoms with Crippen LogP contribution in [0.3, 0.4) is 0 Å². The third-order valence-electron chi connectivity index (χ3n) is 11.0. The Morgan fingerprint density at radius 2 is 0.870 bits per heavy atom. The van der Waals surface area contributed by atoms with Gasteiger partial charge in [0.05, 0.1) is 16.8 Å². The lowest BCUT2D eigenvalue weighted by Gasteiger charge is -2.29. The molecular weight excluding hydrogens is 655 g/mol. The monoisotopic (exact) mass is 687 g/mol. The SMILES string of the molecule is c1ccc(-c2cc3ccccc3c3ccccc23)c(-c2ccccc2N(c2ccc3ccccc3c2)c2cc3ccccc3c3oc4ccccc4c23)c1. The van der Waals surface area contributed by atoms with Gasteiger partial charge in [0.15, 0.2) is 0 Å². The Kier molecular flexibility index (Phi) is 6.90. The van der Waals surface area contributed by atoms with Gasteiger partial charge in [-0.1, -0.05) is 164 Å². The molecule has 0 fully saturated rings. The molecule has 0 saturated heterocycles. The lowest BCUT2D eigenvalue weighted by molar-refractivity contribution is 0.672. The number of furan rings is 1. The molecule has 0 aliphatic rings. The van der Waals surface area contributed by atoms with Gasteiger partial charge in [0.25, 0.3) is 0 Å². The van der Waals surface area contributed by atoms with E-state index < -0.39 is 0 Å². The molecule has 1 heterocycles. The van der Waals surface area contributed by atoms with Crippen molar-refractivity contribution in [2.24, 2.45) is 0 Å². The van der Waals surface area contributed by atoms with E-state index in [1.807, 2.05) is 0 Å². The molecule has 0 bridgehead atoms. The van der Waals surface area contributed by atoms with E-state index >= 15 is 0 Å². The summed E-state index contributed by atoms with van der Waals surface area (Å²) in [5.74, 6) is 0. The maximum Gasteiger partial charge on any atom is 0.145 e. The number of para-hydroxylation sites is 2. The number of anilines is 3. The third kappa shape index (κ3) is 4.74. The van der Waals surface area contributed by atoms with E-state index in [-0.39, 0.29) is 0 Å². The lowest BCUT2D eigenvalue weighted by atomic mass is 9.88. The molecule has 0 radical (unpaired) electrons. The second kappa shape index (κ2) is 12.2. The van der Waals surface area contributed by atoms with Crippen molar-refractivity contribution in [1.82, 2.24) is 0 Å². The van der Waals surface area contributed by atoms with E-state index in [0.29, 0.717) is 0 Å². The number of benzene rings is 10. The summed E-state index contributed by atoms with van der Waals surface area (Å²) < 4.78 is 6.74. The Balaban J connectivity index is 1.23. The second-order valence-corrected chi connectivity index (χ2v) is 14.0. The zero-order valence-corrected chi connectivity index (χ0v) is 29.4. The second-order valence-electron chi connectivity index (χ2n) is 14.0. The van der Waals surface area contributed by atoms with Crippen molar-refractivity contribution in [3.8, 4) is 22.3 Å². The fourth-order valence-corrected chi connectivity index (χ4v) is 8.56. The zero-order chi connectivity index (χ0) is 35.6. The quantitative estimate of drug-likeness (QED) is 0.168. The molecule has 0 saturated carbocycles. The topological polar surface area (TPSA) is 16.4 Å². The number of nitrogens with zero attached hydrogens (tertiary/aromatic N) is 1. The molecule has 0 spiro atoms. The molecule has 1 aromatic heterocycles. The van der Waals surface area contributed by atoms with Gasteiger partial charge in [-0.05, 0) is 90.8 Å². The van der Waals surface area contributed by atoms with E-state index in [9.17, 15) is 0 Å². The van der Waals surface area contributed by atoms with Gasteiger partial charge >= 0.3 is 0 Å². The zero-order valence-electron chi connectivity index (χ0n) is 29.4. The first-order valence-electron chi connectivity index (χ1n) is 18.5. The summed E-state index contributed by atoms with van der Waals surface area (Å²) in [7, 11) is 0. The van der Waals surface area contributed by atoms with Crippen LogP contribution in [0.2, 0.25) is 0 Å². The highest BCUT2D eigenvalue weighted by Crippen LogP contribution is 2.50. The van der Waals surface area contributed by atoms with Gasteiger partial charge in [-0.2, -0.15) is 0 Å². The molecule has 2 heteroatoms. The lowest BCUT2D eigenvalue weighted by Crippen LogP contribution is -2.12. The highest BCUT2D eigenvalue weighted by Gasteiger charge is 2.25. The van der Waals surface area contributed by atoms with Crippen LogP contribution in [0.25, 0.3) is 87.3 Å². The Bertz CT molecular complexity index is 3240. The van der Waals surface area contributed by atoms with Crippen molar-refractivity contribution in [3.63, 3.8) is 0 Å². The molecule has 252 valence electrons. The predicted octanol–water partition coefficient (Wildman–Crippen LogP) is 15.0. The van der Waals surface area contributed by atoms with E-state index in [1.165, 1.54) is 49.0 Å². The first-order chi connectivity index (χ1) is 26.8. The van der Waals surface area contributed by atoms with Crippen LogP contribution in [-0.4, -0.2) is 0 Å². The summed E-state index contributed by atoms with van der Waals surface area (Å²) in [6, 6.07) is 72.4. The van der Waals surface area contributed by atoms with Crippen LogP contribution in [0.1, 0.15) is 0 Å². The minimum absolute atomic E-state index is 0.880. The fourth-order valence-electron chi connectivity index (χ4n) is 8.56. The number of hydrogen-bond acceptors (Lipinski definition) is 2. The standard InChI is InChI=1S/C52H33NO/c1-2-16-35-31-38(30-29-34(35)15-1)53(49-33-37-18-4-6-20-40(37)52-51(49)46-26-12-14-28-50(46)54-52)48-27-13-11-25-45(48)42-22-8-10-24-44(42)47-32-36-17-3-5-19-39(36)41-21-7-9-23-43(41)47/h1-33H. The number of hydrogen-bond donors (Lipinski definition) is 0. The van der Waals surface area contributed by atoms with Crippen LogP contribution in [0.5, 0.6) is 0 Å². The van der Waals surface area contributed by atoms with E-state index in [1.54, 1.807) is 0 Å². The Hall–Kier alpha value is -7.16. The summed E-state index contributed by atoms with van der Waals surface area (Å²) in [5.41, 5.74) is 9.76. The Morgan fingerprint density at radius 3 is 1.67 bits per heavy atom.